The largest absolute Gasteiger partial charge is 0.481 e. The lowest BCUT2D eigenvalue weighted by molar-refractivity contribution is -0.138. The van der Waals surface area contributed by atoms with Gasteiger partial charge in [0.2, 0.25) is 0 Å². The Kier molecular flexibility index (Phi) is 5.20. The SMILES string of the molecule is C[C@H](CC(=O)O)[C@H]1CCCCN1C(=O)OC(C)(C)C. The molecule has 0 unspecified atom stereocenters. The van der Waals surface area contributed by atoms with E-state index in [0.717, 1.165) is 19.3 Å². The second-order valence-corrected chi connectivity index (χ2v) is 6.31. The van der Waals surface area contributed by atoms with Crippen molar-refractivity contribution in [1.29, 1.82) is 0 Å². The molecule has 1 fully saturated rings. The summed E-state index contributed by atoms with van der Waals surface area (Å²) in [6.45, 7) is 8.06. The number of carboxylic acids is 1. The van der Waals surface area contributed by atoms with Crippen molar-refractivity contribution >= 4 is 12.1 Å². The molecule has 1 aliphatic heterocycles. The minimum absolute atomic E-state index is 0.0281. The van der Waals surface area contributed by atoms with Crippen LogP contribution in [0.4, 0.5) is 4.79 Å². The molecule has 19 heavy (non-hydrogen) atoms. The van der Waals surface area contributed by atoms with E-state index < -0.39 is 11.6 Å². The predicted octanol–water partition coefficient (Wildman–Crippen LogP) is 2.89. The van der Waals surface area contributed by atoms with E-state index >= 15 is 0 Å². The molecule has 1 N–H and O–H groups in total. The second-order valence-electron chi connectivity index (χ2n) is 6.31. The molecule has 0 aromatic rings. The number of amides is 1. The van der Waals surface area contributed by atoms with Crippen LogP contribution in [-0.2, 0) is 9.53 Å². The number of rotatable bonds is 3. The van der Waals surface area contributed by atoms with Crippen molar-refractivity contribution in [2.24, 2.45) is 5.92 Å². The van der Waals surface area contributed by atoms with Crippen LogP contribution in [0.15, 0.2) is 0 Å². The first kappa shape index (κ1) is 15.8. The molecule has 0 aromatic heterocycles. The number of ether oxygens (including phenoxy) is 1. The van der Waals surface area contributed by atoms with Gasteiger partial charge in [-0.25, -0.2) is 4.79 Å². The van der Waals surface area contributed by atoms with Gasteiger partial charge in [0.05, 0.1) is 0 Å². The molecular formula is C14H25NO4. The molecule has 0 radical (unpaired) electrons. The van der Waals surface area contributed by atoms with Gasteiger partial charge in [-0.15, -0.1) is 0 Å². The van der Waals surface area contributed by atoms with Gasteiger partial charge in [-0.05, 0) is 46.0 Å². The molecule has 1 saturated heterocycles. The standard InChI is InChI=1S/C14H25NO4/c1-10(9-12(16)17)11-7-5-6-8-15(11)13(18)19-14(2,3)4/h10-11H,5-9H2,1-4H3,(H,16,17)/t10-,11-/m1/s1. The summed E-state index contributed by atoms with van der Waals surface area (Å²) < 4.78 is 5.40. The van der Waals surface area contributed by atoms with E-state index in [9.17, 15) is 9.59 Å². The molecule has 0 aromatic carbocycles. The fourth-order valence-electron chi connectivity index (χ4n) is 2.51. The van der Waals surface area contributed by atoms with Crippen LogP contribution in [0, 0.1) is 5.92 Å². The Balaban J connectivity index is 2.71. The fourth-order valence-corrected chi connectivity index (χ4v) is 2.51. The maximum atomic E-state index is 12.2. The molecule has 1 heterocycles. The molecule has 5 heteroatoms. The van der Waals surface area contributed by atoms with E-state index in [-0.39, 0.29) is 24.5 Å². The lowest BCUT2D eigenvalue weighted by atomic mass is 9.89. The van der Waals surface area contributed by atoms with Crippen LogP contribution in [0.3, 0.4) is 0 Å². The van der Waals surface area contributed by atoms with Crippen LogP contribution in [-0.4, -0.2) is 40.3 Å². The van der Waals surface area contributed by atoms with E-state index in [4.69, 9.17) is 9.84 Å². The summed E-state index contributed by atoms with van der Waals surface area (Å²) in [5, 5.41) is 8.89. The molecule has 2 atom stereocenters. The highest BCUT2D eigenvalue weighted by Crippen LogP contribution is 2.27. The number of carboxylic acid groups (broad SMARTS) is 1. The average molecular weight is 271 g/mol. The molecule has 1 amide bonds. The topological polar surface area (TPSA) is 66.8 Å². The Bertz CT molecular complexity index is 335. The van der Waals surface area contributed by atoms with Gasteiger partial charge in [-0.1, -0.05) is 6.92 Å². The van der Waals surface area contributed by atoms with E-state index in [2.05, 4.69) is 0 Å². The zero-order chi connectivity index (χ0) is 14.6. The van der Waals surface area contributed by atoms with Gasteiger partial charge in [0, 0.05) is 19.0 Å². The monoisotopic (exact) mass is 271 g/mol. The quantitative estimate of drug-likeness (QED) is 0.857. The normalized spacial score (nSPS) is 21.9. The van der Waals surface area contributed by atoms with Gasteiger partial charge in [0.25, 0.3) is 0 Å². The molecule has 1 rings (SSSR count). The number of carbonyl (C=O) groups excluding carboxylic acids is 1. The van der Waals surface area contributed by atoms with Gasteiger partial charge in [0.1, 0.15) is 5.60 Å². The molecule has 0 saturated carbocycles. The van der Waals surface area contributed by atoms with E-state index in [1.807, 2.05) is 27.7 Å². The molecule has 1 aliphatic rings. The number of aliphatic carboxylic acids is 1. The molecule has 5 nitrogen and oxygen atoms in total. The first-order valence-electron chi connectivity index (χ1n) is 6.92. The summed E-state index contributed by atoms with van der Waals surface area (Å²) in [4.78, 5) is 24.7. The minimum Gasteiger partial charge on any atom is -0.481 e. The molecule has 0 aliphatic carbocycles. The third kappa shape index (κ3) is 5.09. The van der Waals surface area contributed by atoms with Crippen molar-refractivity contribution in [2.45, 2.75) is 65.0 Å². The van der Waals surface area contributed by atoms with Crippen LogP contribution in [0.25, 0.3) is 0 Å². The summed E-state index contributed by atoms with van der Waals surface area (Å²) in [6.07, 6.45) is 2.61. The third-order valence-electron chi connectivity index (χ3n) is 3.33. The Morgan fingerprint density at radius 2 is 2.00 bits per heavy atom. The number of piperidine rings is 1. The number of hydrogen-bond donors (Lipinski definition) is 1. The highest BCUT2D eigenvalue weighted by atomic mass is 16.6. The highest BCUT2D eigenvalue weighted by molar-refractivity contribution is 5.69. The summed E-state index contributed by atoms with van der Waals surface area (Å²) in [7, 11) is 0. The van der Waals surface area contributed by atoms with Gasteiger partial charge in [-0.2, -0.15) is 0 Å². The van der Waals surface area contributed by atoms with Crippen molar-refractivity contribution < 1.29 is 19.4 Å². The Morgan fingerprint density at radius 3 is 2.53 bits per heavy atom. The van der Waals surface area contributed by atoms with Crippen molar-refractivity contribution in [1.82, 2.24) is 4.90 Å². The van der Waals surface area contributed by atoms with Crippen molar-refractivity contribution in [3.63, 3.8) is 0 Å². The van der Waals surface area contributed by atoms with E-state index in [1.165, 1.54) is 0 Å². The maximum absolute atomic E-state index is 12.2. The number of hydrogen-bond acceptors (Lipinski definition) is 3. The second kappa shape index (κ2) is 6.26. The first-order chi connectivity index (χ1) is 8.70. The lowest BCUT2D eigenvalue weighted by Gasteiger charge is -2.39. The number of carbonyl (C=O) groups is 2. The molecule has 0 spiro atoms. The van der Waals surface area contributed by atoms with Crippen LogP contribution in [0.5, 0.6) is 0 Å². The van der Waals surface area contributed by atoms with Crippen molar-refractivity contribution in [3.05, 3.63) is 0 Å². The average Bonchev–Trinajstić information content (AvgIpc) is 2.25. The Morgan fingerprint density at radius 1 is 1.37 bits per heavy atom. The number of nitrogens with zero attached hydrogens (tertiary/aromatic N) is 1. The van der Waals surface area contributed by atoms with Crippen molar-refractivity contribution in [3.8, 4) is 0 Å². The minimum atomic E-state index is -0.817. The summed E-state index contributed by atoms with van der Waals surface area (Å²) in [6, 6.07) is -0.0281. The smallest absolute Gasteiger partial charge is 0.410 e. The van der Waals surface area contributed by atoms with Crippen LogP contribution in [0.1, 0.15) is 53.4 Å². The zero-order valence-corrected chi connectivity index (χ0v) is 12.3. The van der Waals surface area contributed by atoms with Crippen LogP contribution < -0.4 is 0 Å². The van der Waals surface area contributed by atoms with Gasteiger partial charge >= 0.3 is 12.1 Å². The molecular weight excluding hydrogens is 246 g/mol. The Hall–Kier alpha value is -1.26. The fraction of sp³-hybridized carbons (Fsp3) is 0.857. The van der Waals surface area contributed by atoms with Crippen molar-refractivity contribution in [2.75, 3.05) is 6.54 Å². The summed E-state index contributed by atoms with van der Waals surface area (Å²) in [5.41, 5.74) is -0.519. The third-order valence-corrected chi connectivity index (χ3v) is 3.33. The zero-order valence-electron chi connectivity index (χ0n) is 12.3. The number of likely N-dealkylation sites (tertiary alicyclic amines) is 1. The maximum Gasteiger partial charge on any atom is 0.410 e. The van der Waals surface area contributed by atoms with Gasteiger partial charge in [0.15, 0.2) is 0 Å². The first-order valence-corrected chi connectivity index (χ1v) is 6.92. The molecule has 0 bridgehead atoms. The van der Waals surface area contributed by atoms with E-state index in [0.29, 0.717) is 6.54 Å². The molecule has 110 valence electrons. The van der Waals surface area contributed by atoms with Crippen LogP contribution >= 0.6 is 0 Å². The Labute approximate surface area is 114 Å². The lowest BCUT2D eigenvalue weighted by Crippen LogP contribution is -2.49. The summed E-state index contributed by atoms with van der Waals surface area (Å²) >= 11 is 0. The van der Waals surface area contributed by atoms with Gasteiger partial charge in [-0.3, -0.25) is 4.79 Å². The summed E-state index contributed by atoms with van der Waals surface area (Å²) in [5.74, 6) is -0.868. The van der Waals surface area contributed by atoms with E-state index in [1.54, 1.807) is 4.90 Å². The van der Waals surface area contributed by atoms with Gasteiger partial charge < -0.3 is 14.7 Å². The predicted molar refractivity (Wildman–Crippen MR) is 72.0 cm³/mol. The highest BCUT2D eigenvalue weighted by Gasteiger charge is 2.34. The van der Waals surface area contributed by atoms with Crippen LogP contribution in [0.2, 0.25) is 0 Å².